The highest BCUT2D eigenvalue weighted by Crippen LogP contribution is 2.21. The highest BCUT2D eigenvalue weighted by molar-refractivity contribution is 5.32. The van der Waals surface area contributed by atoms with Crippen molar-refractivity contribution in [3.8, 4) is 0 Å². The molecule has 1 aromatic carbocycles. The SMILES string of the molecule is CCCNC(Cc1nccn1CC)c1ccc(C)c(C)c1. The topological polar surface area (TPSA) is 29.9 Å². The van der Waals surface area contributed by atoms with Crippen molar-refractivity contribution in [1.82, 2.24) is 14.9 Å². The fraction of sp³-hybridized carbons (Fsp3) is 0.500. The summed E-state index contributed by atoms with van der Waals surface area (Å²) in [4.78, 5) is 4.52. The third-order valence-electron chi connectivity index (χ3n) is 4.10. The van der Waals surface area contributed by atoms with Gasteiger partial charge in [0.2, 0.25) is 0 Å². The van der Waals surface area contributed by atoms with Crippen molar-refractivity contribution in [3.63, 3.8) is 0 Å². The molecule has 21 heavy (non-hydrogen) atoms. The number of nitrogens with zero attached hydrogens (tertiary/aromatic N) is 2. The molecule has 3 nitrogen and oxygen atoms in total. The summed E-state index contributed by atoms with van der Waals surface area (Å²) >= 11 is 0. The Balaban J connectivity index is 2.23. The first-order valence-corrected chi connectivity index (χ1v) is 7.96. The molecule has 0 saturated carbocycles. The van der Waals surface area contributed by atoms with Crippen LogP contribution in [0.2, 0.25) is 0 Å². The number of rotatable bonds is 7. The van der Waals surface area contributed by atoms with E-state index in [4.69, 9.17) is 0 Å². The zero-order valence-corrected chi connectivity index (χ0v) is 13.7. The molecule has 1 N–H and O–H groups in total. The first-order chi connectivity index (χ1) is 10.2. The third-order valence-corrected chi connectivity index (χ3v) is 4.10. The minimum Gasteiger partial charge on any atom is -0.335 e. The van der Waals surface area contributed by atoms with Gasteiger partial charge in [-0.1, -0.05) is 25.1 Å². The van der Waals surface area contributed by atoms with E-state index in [-0.39, 0.29) is 0 Å². The van der Waals surface area contributed by atoms with Crippen LogP contribution in [-0.4, -0.2) is 16.1 Å². The second-order valence-corrected chi connectivity index (χ2v) is 5.68. The lowest BCUT2D eigenvalue weighted by atomic mass is 9.98. The molecule has 0 radical (unpaired) electrons. The molecule has 1 atom stereocenters. The first-order valence-electron chi connectivity index (χ1n) is 7.96. The molecular weight excluding hydrogens is 258 g/mol. The van der Waals surface area contributed by atoms with Crippen molar-refractivity contribution in [3.05, 3.63) is 53.1 Å². The van der Waals surface area contributed by atoms with E-state index in [2.05, 4.69) is 67.0 Å². The molecule has 1 aromatic heterocycles. The van der Waals surface area contributed by atoms with E-state index >= 15 is 0 Å². The van der Waals surface area contributed by atoms with E-state index in [1.54, 1.807) is 0 Å². The summed E-state index contributed by atoms with van der Waals surface area (Å²) in [6, 6.07) is 7.10. The van der Waals surface area contributed by atoms with Crippen molar-refractivity contribution in [1.29, 1.82) is 0 Å². The van der Waals surface area contributed by atoms with Gasteiger partial charge >= 0.3 is 0 Å². The van der Waals surface area contributed by atoms with Crippen molar-refractivity contribution < 1.29 is 0 Å². The van der Waals surface area contributed by atoms with Gasteiger partial charge in [0.25, 0.3) is 0 Å². The maximum absolute atomic E-state index is 4.52. The van der Waals surface area contributed by atoms with E-state index in [0.717, 1.165) is 31.8 Å². The molecule has 2 aromatic rings. The minimum absolute atomic E-state index is 0.331. The highest BCUT2D eigenvalue weighted by atomic mass is 15.1. The molecule has 0 amide bonds. The van der Waals surface area contributed by atoms with Crippen LogP contribution in [0, 0.1) is 13.8 Å². The number of benzene rings is 1. The second kappa shape index (κ2) is 7.41. The van der Waals surface area contributed by atoms with Gasteiger partial charge in [-0.25, -0.2) is 4.98 Å². The Kier molecular flexibility index (Phi) is 5.57. The standard InChI is InChI=1S/C18H27N3/c1-5-9-19-17(13-18-20-10-11-21(18)6-2)16-8-7-14(3)15(4)12-16/h7-8,10-12,17,19H,5-6,9,13H2,1-4H3. The average Bonchev–Trinajstić information content (AvgIpc) is 2.93. The predicted octanol–water partition coefficient (Wildman–Crippen LogP) is 3.80. The van der Waals surface area contributed by atoms with Gasteiger partial charge in [0.15, 0.2) is 0 Å². The summed E-state index contributed by atoms with van der Waals surface area (Å²) in [5, 5.41) is 3.67. The van der Waals surface area contributed by atoms with Gasteiger partial charge in [0.05, 0.1) is 0 Å². The number of hydrogen-bond donors (Lipinski definition) is 1. The fourth-order valence-electron chi connectivity index (χ4n) is 2.61. The van der Waals surface area contributed by atoms with Crippen LogP contribution < -0.4 is 5.32 Å². The molecule has 1 heterocycles. The van der Waals surface area contributed by atoms with Crippen molar-refractivity contribution in [2.75, 3.05) is 6.54 Å². The monoisotopic (exact) mass is 285 g/mol. The Morgan fingerprint density at radius 1 is 1.19 bits per heavy atom. The zero-order chi connectivity index (χ0) is 15.2. The summed E-state index contributed by atoms with van der Waals surface area (Å²) in [7, 11) is 0. The Morgan fingerprint density at radius 2 is 2.00 bits per heavy atom. The quantitative estimate of drug-likeness (QED) is 0.838. The van der Waals surface area contributed by atoms with Crippen LogP contribution in [-0.2, 0) is 13.0 Å². The average molecular weight is 285 g/mol. The molecule has 0 fully saturated rings. The fourth-order valence-corrected chi connectivity index (χ4v) is 2.61. The Bertz CT molecular complexity index is 572. The van der Waals surface area contributed by atoms with Crippen LogP contribution >= 0.6 is 0 Å². The van der Waals surface area contributed by atoms with Crippen LogP contribution in [0.4, 0.5) is 0 Å². The zero-order valence-electron chi connectivity index (χ0n) is 13.7. The minimum atomic E-state index is 0.331. The smallest absolute Gasteiger partial charge is 0.110 e. The Labute approximate surface area is 128 Å². The third kappa shape index (κ3) is 3.94. The molecule has 0 spiro atoms. The van der Waals surface area contributed by atoms with Gasteiger partial charge in [0, 0.05) is 31.4 Å². The summed E-state index contributed by atoms with van der Waals surface area (Å²) in [5.41, 5.74) is 4.06. The normalized spacial score (nSPS) is 12.6. The summed E-state index contributed by atoms with van der Waals surface area (Å²) < 4.78 is 2.22. The van der Waals surface area contributed by atoms with Gasteiger partial charge in [-0.15, -0.1) is 0 Å². The van der Waals surface area contributed by atoms with Crippen LogP contribution in [0.25, 0.3) is 0 Å². The molecule has 0 aliphatic carbocycles. The van der Waals surface area contributed by atoms with Crippen LogP contribution in [0.1, 0.15) is 48.8 Å². The Hall–Kier alpha value is -1.61. The highest BCUT2D eigenvalue weighted by Gasteiger charge is 2.15. The van der Waals surface area contributed by atoms with Crippen LogP contribution in [0.15, 0.2) is 30.6 Å². The maximum Gasteiger partial charge on any atom is 0.110 e. The number of aromatic nitrogens is 2. The summed E-state index contributed by atoms with van der Waals surface area (Å²) in [6.07, 6.45) is 6.04. The number of aryl methyl sites for hydroxylation is 3. The van der Waals surface area contributed by atoms with Gasteiger partial charge in [-0.05, 0) is 50.4 Å². The lowest BCUT2D eigenvalue weighted by molar-refractivity contribution is 0.506. The lowest BCUT2D eigenvalue weighted by Gasteiger charge is -2.20. The molecule has 0 saturated heterocycles. The van der Waals surface area contributed by atoms with Crippen molar-refractivity contribution in [2.24, 2.45) is 0 Å². The lowest BCUT2D eigenvalue weighted by Crippen LogP contribution is -2.25. The van der Waals surface area contributed by atoms with Crippen LogP contribution in [0.5, 0.6) is 0 Å². The first kappa shape index (κ1) is 15.8. The van der Waals surface area contributed by atoms with Gasteiger partial charge in [-0.2, -0.15) is 0 Å². The van der Waals surface area contributed by atoms with E-state index in [9.17, 15) is 0 Å². The molecular formula is C18H27N3. The molecule has 0 bridgehead atoms. The summed E-state index contributed by atoms with van der Waals surface area (Å²) in [6.45, 7) is 10.7. The molecule has 0 aliphatic rings. The van der Waals surface area contributed by atoms with Crippen LogP contribution in [0.3, 0.4) is 0 Å². The predicted molar refractivity (Wildman–Crippen MR) is 88.6 cm³/mol. The number of imidazole rings is 1. The van der Waals surface area contributed by atoms with E-state index in [0.29, 0.717) is 6.04 Å². The number of nitrogens with one attached hydrogen (secondary N) is 1. The largest absolute Gasteiger partial charge is 0.335 e. The molecule has 2 rings (SSSR count). The molecule has 0 aliphatic heterocycles. The second-order valence-electron chi connectivity index (χ2n) is 5.68. The van der Waals surface area contributed by atoms with Crippen molar-refractivity contribution >= 4 is 0 Å². The molecule has 114 valence electrons. The maximum atomic E-state index is 4.52. The van der Waals surface area contributed by atoms with Gasteiger partial charge < -0.3 is 9.88 Å². The van der Waals surface area contributed by atoms with E-state index in [1.807, 2.05) is 6.20 Å². The van der Waals surface area contributed by atoms with Crippen molar-refractivity contribution in [2.45, 2.75) is 53.1 Å². The Morgan fingerprint density at radius 3 is 2.67 bits per heavy atom. The van der Waals surface area contributed by atoms with E-state index < -0.39 is 0 Å². The van der Waals surface area contributed by atoms with Gasteiger partial charge in [0.1, 0.15) is 5.82 Å². The van der Waals surface area contributed by atoms with E-state index in [1.165, 1.54) is 16.7 Å². The van der Waals surface area contributed by atoms with Gasteiger partial charge in [-0.3, -0.25) is 0 Å². The molecule has 1 unspecified atom stereocenters. The number of hydrogen-bond acceptors (Lipinski definition) is 2. The molecule has 3 heteroatoms. The summed E-state index contributed by atoms with van der Waals surface area (Å²) in [5.74, 6) is 1.16.